The van der Waals surface area contributed by atoms with Crippen molar-refractivity contribution < 1.29 is 19.1 Å². The van der Waals surface area contributed by atoms with E-state index in [-0.39, 0.29) is 18.9 Å². The zero-order valence-electron chi connectivity index (χ0n) is 15.6. The average Bonchev–Trinajstić information content (AvgIpc) is 2.77. The van der Waals surface area contributed by atoms with Crippen molar-refractivity contribution in [2.24, 2.45) is 0 Å². The standard InChI is InChI=1S/C23H20N2O4/c26-21(15-24-23(28)29-16-17-9-3-1-4-10-17)25-20-14-8-7-13-19(20)22(27)18-11-5-2-6-12-18/h1-14H,15-16H2,(H,24,28)(H,25,26). The average molecular weight is 388 g/mol. The number of anilines is 1. The van der Waals surface area contributed by atoms with E-state index in [1.807, 2.05) is 36.4 Å². The summed E-state index contributed by atoms with van der Waals surface area (Å²) < 4.78 is 5.06. The molecule has 3 aromatic carbocycles. The van der Waals surface area contributed by atoms with Gasteiger partial charge >= 0.3 is 6.09 Å². The number of ketones is 1. The van der Waals surface area contributed by atoms with Gasteiger partial charge in [-0.1, -0.05) is 72.8 Å². The number of alkyl carbamates (subject to hydrolysis) is 1. The number of para-hydroxylation sites is 1. The number of hydrogen-bond donors (Lipinski definition) is 2. The summed E-state index contributed by atoms with van der Waals surface area (Å²) in [6, 6.07) is 24.8. The second-order valence-corrected chi connectivity index (χ2v) is 6.20. The van der Waals surface area contributed by atoms with Crippen LogP contribution in [0.15, 0.2) is 84.9 Å². The van der Waals surface area contributed by atoms with Crippen LogP contribution in [0.25, 0.3) is 0 Å². The van der Waals surface area contributed by atoms with Gasteiger partial charge in [0, 0.05) is 11.1 Å². The predicted octanol–water partition coefficient (Wildman–Crippen LogP) is 3.78. The molecule has 0 spiro atoms. The van der Waals surface area contributed by atoms with Crippen LogP contribution in [0.1, 0.15) is 21.5 Å². The number of carbonyl (C=O) groups is 3. The van der Waals surface area contributed by atoms with Gasteiger partial charge in [0.25, 0.3) is 0 Å². The highest BCUT2D eigenvalue weighted by Crippen LogP contribution is 2.19. The van der Waals surface area contributed by atoms with Crippen LogP contribution < -0.4 is 10.6 Å². The third kappa shape index (κ3) is 5.77. The minimum Gasteiger partial charge on any atom is -0.445 e. The number of hydrogen-bond acceptors (Lipinski definition) is 4. The molecule has 0 heterocycles. The van der Waals surface area contributed by atoms with E-state index in [9.17, 15) is 14.4 Å². The van der Waals surface area contributed by atoms with Crippen LogP contribution in [0.2, 0.25) is 0 Å². The first-order valence-corrected chi connectivity index (χ1v) is 9.06. The number of rotatable bonds is 7. The summed E-state index contributed by atoms with van der Waals surface area (Å²) in [5.41, 5.74) is 2.13. The topological polar surface area (TPSA) is 84.5 Å². The lowest BCUT2D eigenvalue weighted by atomic mass is 10.0. The molecule has 0 saturated heterocycles. The Balaban J connectivity index is 1.54. The highest BCUT2D eigenvalue weighted by molar-refractivity contribution is 6.14. The van der Waals surface area contributed by atoms with Crippen LogP contribution in [0.5, 0.6) is 0 Å². The molecule has 0 bridgehead atoms. The van der Waals surface area contributed by atoms with Crippen molar-refractivity contribution in [1.82, 2.24) is 5.32 Å². The van der Waals surface area contributed by atoms with Gasteiger partial charge in [-0.2, -0.15) is 0 Å². The Labute approximate surface area is 168 Å². The monoisotopic (exact) mass is 388 g/mol. The zero-order valence-corrected chi connectivity index (χ0v) is 15.6. The summed E-state index contributed by atoms with van der Waals surface area (Å²) in [4.78, 5) is 36.7. The Morgan fingerprint density at radius 2 is 1.38 bits per heavy atom. The van der Waals surface area contributed by atoms with E-state index in [2.05, 4.69) is 10.6 Å². The molecular weight excluding hydrogens is 368 g/mol. The Morgan fingerprint density at radius 3 is 2.10 bits per heavy atom. The Morgan fingerprint density at radius 1 is 0.759 bits per heavy atom. The molecule has 0 unspecified atom stereocenters. The van der Waals surface area contributed by atoms with Crippen molar-refractivity contribution in [2.75, 3.05) is 11.9 Å². The van der Waals surface area contributed by atoms with Crippen LogP contribution in [0.4, 0.5) is 10.5 Å². The molecule has 3 rings (SSSR count). The smallest absolute Gasteiger partial charge is 0.407 e. The van der Waals surface area contributed by atoms with E-state index in [1.165, 1.54) is 0 Å². The third-order valence-electron chi connectivity index (χ3n) is 4.09. The number of carbonyl (C=O) groups excluding carboxylic acids is 3. The number of benzene rings is 3. The van der Waals surface area contributed by atoms with Gasteiger partial charge in [-0.05, 0) is 17.7 Å². The predicted molar refractivity (Wildman–Crippen MR) is 110 cm³/mol. The van der Waals surface area contributed by atoms with E-state index >= 15 is 0 Å². The maximum absolute atomic E-state index is 12.7. The second kappa shape index (κ2) is 9.85. The van der Waals surface area contributed by atoms with Crippen molar-refractivity contribution in [3.8, 4) is 0 Å². The van der Waals surface area contributed by atoms with Gasteiger partial charge in [0.15, 0.2) is 5.78 Å². The van der Waals surface area contributed by atoms with E-state index in [4.69, 9.17) is 4.74 Å². The molecule has 0 fully saturated rings. The van der Waals surface area contributed by atoms with Gasteiger partial charge in [-0.3, -0.25) is 9.59 Å². The fraction of sp³-hybridized carbons (Fsp3) is 0.0870. The van der Waals surface area contributed by atoms with Crippen molar-refractivity contribution in [2.45, 2.75) is 6.61 Å². The van der Waals surface area contributed by atoms with Crippen LogP contribution in [0.3, 0.4) is 0 Å². The lowest BCUT2D eigenvalue weighted by Gasteiger charge is -2.11. The van der Waals surface area contributed by atoms with E-state index < -0.39 is 12.0 Å². The van der Waals surface area contributed by atoms with Crippen molar-refractivity contribution in [3.05, 3.63) is 102 Å². The van der Waals surface area contributed by atoms with Gasteiger partial charge in [0.1, 0.15) is 13.2 Å². The highest BCUT2D eigenvalue weighted by atomic mass is 16.5. The molecule has 0 aliphatic heterocycles. The van der Waals surface area contributed by atoms with Gasteiger partial charge in [0.05, 0.1) is 5.69 Å². The molecule has 6 heteroatoms. The van der Waals surface area contributed by atoms with Gasteiger partial charge in [-0.15, -0.1) is 0 Å². The molecule has 0 aromatic heterocycles. The van der Waals surface area contributed by atoms with Gasteiger partial charge < -0.3 is 15.4 Å². The Bertz CT molecular complexity index is 988. The first-order chi connectivity index (χ1) is 14.1. The maximum Gasteiger partial charge on any atom is 0.407 e. The first kappa shape index (κ1) is 19.8. The SMILES string of the molecule is O=C(CNC(=O)OCc1ccccc1)Nc1ccccc1C(=O)c1ccccc1. The highest BCUT2D eigenvalue weighted by Gasteiger charge is 2.15. The molecule has 2 amide bonds. The second-order valence-electron chi connectivity index (χ2n) is 6.20. The number of ether oxygens (including phenoxy) is 1. The van der Waals surface area contributed by atoms with Gasteiger partial charge in [0.2, 0.25) is 5.91 Å². The molecule has 0 saturated carbocycles. The minimum atomic E-state index is -0.697. The first-order valence-electron chi connectivity index (χ1n) is 9.06. The van der Waals surface area contributed by atoms with Crippen molar-refractivity contribution >= 4 is 23.5 Å². The summed E-state index contributed by atoms with van der Waals surface area (Å²) >= 11 is 0. The molecule has 0 radical (unpaired) electrons. The lowest BCUT2D eigenvalue weighted by Crippen LogP contribution is -2.33. The number of amides is 2. The molecule has 2 N–H and O–H groups in total. The lowest BCUT2D eigenvalue weighted by molar-refractivity contribution is -0.115. The van der Waals surface area contributed by atoms with Crippen LogP contribution >= 0.6 is 0 Å². The summed E-state index contributed by atoms with van der Waals surface area (Å²) in [6.45, 7) is -0.163. The van der Waals surface area contributed by atoms with Crippen molar-refractivity contribution in [3.63, 3.8) is 0 Å². The largest absolute Gasteiger partial charge is 0.445 e. The molecule has 146 valence electrons. The van der Waals surface area contributed by atoms with Crippen LogP contribution in [-0.4, -0.2) is 24.3 Å². The summed E-state index contributed by atoms with van der Waals surface area (Å²) in [5.74, 6) is -0.660. The maximum atomic E-state index is 12.7. The Hall–Kier alpha value is -3.93. The molecular formula is C23H20N2O4. The molecule has 3 aromatic rings. The fourth-order valence-electron chi connectivity index (χ4n) is 2.66. The van der Waals surface area contributed by atoms with Crippen LogP contribution in [0, 0.1) is 0 Å². The molecule has 29 heavy (non-hydrogen) atoms. The summed E-state index contributed by atoms with van der Waals surface area (Å²) in [7, 11) is 0. The van der Waals surface area contributed by atoms with Gasteiger partial charge in [-0.25, -0.2) is 4.79 Å². The molecule has 0 aliphatic carbocycles. The minimum absolute atomic E-state index is 0.114. The van der Waals surface area contributed by atoms with Crippen LogP contribution in [-0.2, 0) is 16.1 Å². The molecule has 0 atom stereocenters. The van der Waals surface area contributed by atoms with E-state index in [0.717, 1.165) is 5.56 Å². The molecule has 0 aliphatic rings. The summed E-state index contributed by atoms with van der Waals surface area (Å²) in [5, 5.41) is 5.06. The summed E-state index contributed by atoms with van der Waals surface area (Å²) in [6.07, 6.45) is -0.697. The number of nitrogens with one attached hydrogen (secondary N) is 2. The molecule has 6 nitrogen and oxygen atoms in total. The van der Waals surface area contributed by atoms with E-state index in [0.29, 0.717) is 16.8 Å². The zero-order chi connectivity index (χ0) is 20.5. The quantitative estimate of drug-likeness (QED) is 0.603. The normalized spacial score (nSPS) is 10.1. The fourth-order valence-corrected chi connectivity index (χ4v) is 2.66. The van der Waals surface area contributed by atoms with Crippen molar-refractivity contribution in [1.29, 1.82) is 0 Å². The third-order valence-corrected chi connectivity index (χ3v) is 4.09. The Kier molecular flexibility index (Phi) is 6.73. The van der Waals surface area contributed by atoms with E-state index in [1.54, 1.807) is 48.5 Å².